The zero-order chi connectivity index (χ0) is 26.5. The summed E-state index contributed by atoms with van der Waals surface area (Å²) in [5, 5.41) is 5.57. The third kappa shape index (κ3) is 5.71. The zero-order valence-corrected chi connectivity index (χ0v) is 22.9. The topological polar surface area (TPSA) is 70.6 Å². The van der Waals surface area contributed by atoms with Gasteiger partial charge in [-0.2, -0.15) is 0 Å². The number of anilines is 3. The maximum absolute atomic E-state index is 12.2. The van der Waals surface area contributed by atoms with Crippen molar-refractivity contribution in [3.05, 3.63) is 76.4 Å². The van der Waals surface area contributed by atoms with Crippen molar-refractivity contribution in [2.75, 3.05) is 49.5 Å². The van der Waals surface area contributed by atoms with Crippen LogP contribution in [0.4, 0.5) is 17.2 Å². The van der Waals surface area contributed by atoms with Crippen LogP contribution in [0.15, 0.2) is 54.2 Å². The lowest BCUT2D eigenvalue weighted by atomic mass is 10.0. The smallest absolute Gasteiger partial charge is 0.338 e. The van der Waals surface area contributed by atoms with Crippen LogP contribution in [0.3, 0.4) is 0 Å². The van der Waals surface area contributed by atoms with Gasteiger partial charge in [-0.05, 0) is 67.9 Å². The number of fused-ring (bicyclic) bond motifs is 1. The quantitative estimate of drug-likeness (QED) is 0.272. The number of likely N-dealkylation sites (N-methyl/N-ethyl adjacent to an activating group) is 1. The first-order chi connectivity index (χ1) is 18.6. The van der Waals surface area contributed by atoms with E-state index in [0.29, 0.717) is 12.2 Å². The first-order valence-corrected chi connectivity index (χ1v) is 14.0. The van der Waals surface area contributed by atoms with E-state index < -0.39 is 0 Å². The number of hydrogen-bond acceptors (Lipinski definition) is 8. The fourth-order valence-electron chi connectivity index (χ4n) is 4.63. The van der Waals surface area contributed by atoms with Crippen LogP contribution in [-0.2, 0) is 4.74 Å². The molecule has 1 fully saturated rings. The molecule has 0 aliphatic carbocycles. The number of thiophene rings is 1. The number of piperazine rings is 1. The largest absolute Gasteiger partial charge is 0.462 e. The molecule has 2 aromatic heterocycles. The first kappa shape index (κ1) is 25.9. The highest BCUT2D eigenvalue weighted by Crippen LogP contribution is 2.32. The van der Waals surface area contributed by atoms with Gasteiger partial charge in [0.05, 0.1) is 22.4 Å². The first-order valence-electron chi connectivity index (χ1n) is 13.1. The number of benzene rings is 2. The van der Waals surface area contributed by atoms with Crippen molar-refractivity contribution in [2.24, 2.45) is 0 Å². The molecule has 0 unspecified atom stereocenters. The van der Waals surface area contributed by atoms with Crippen LogP contribution in [0.1, 0.15) is 40.9 Å². The Bertz CT molecular complexity index is 1440. The third-order valence-electron chi connectivity index (χ3n) is 6.93. The van der Waals surface area contributed by atoms with Crippen molar-refractivity contribution in [3.8, 4) is 0 Å². The van der Waals surface area contributed by atoms with Crippen LogP contribution >= 0.6 is 11.3 Å². The van der Waals surface area contributed by atoms with E-state index in [1.165, 1.54) is 5.69 Å². The monoisotopic (exact) mass is 527 g/mol. The molecule has 2 aromatic carbocycles. The summed E-state index contributed by atoms with van der Waals surface area (Å²) in [6, 6.07) is 14.2. The van der Waals surface area contributed by atoms with Crippen molar-refractivity contribution < 1.29 is 9.53 Å². The summed E-state index contributed by atoms with van der Waals surface area (Å²) in [5.41, 5.74) is 6.77. The summed E-state index contributed by atoms with van der Waals surface area (Å²) < 4.78 is 6.15. The highest BCUT2D eigenvalue weighted by Gasteiger charge is 2.16. The molecule has 0 amide bonds. The molecule has 8 heteroatoms. The summed E-state index contributed by atoms with van der Waals surface area (Å²) in [6.07, 6.45) is 5.66. The number of hydrogen-bond donors (Lipinski definition) is 1. The van der Waals surface area contributed by atoms with E-state index in [1.54, 1.807) is 23.7 Å². The second-order valence-corrected chi connectivity index (χ2v) is 10.2. The lowest BCUT2D eigenvalue weighted by Crippen LogP contribution is -2.46. The van der Waals surface area contributed by atoms with Gasteiger partial charge < -0.3 is 19.9 Å². The summed E-state index contributed by atoms with van der Waals surface area (Å²) >= 11 is 1.62. The molecular weight excluding hydrogens is 494 g/mol. The number of esters is 1. The van der Waals surface area contributed by atoms with Crippen molar-refractivity contribution in [2.45, 2.75) is 20.8 Å². The number of nitrogens with one attached hydrogen (secondary N) is 1. The van der Waals surface area contributed by atoms with Crippen LogP contribution < -0.4 is 10.2 Å². The molecule has 1 aliphatic rings. The summed E-state index contributed by atoms with van der Waals surface area (Å²) in [7, 11) is 0. The maximum atomic E-state index is 12.2. The average molecular weight is 528 g/mol. The normalized spacial score (nSPS) is 14.3. The van der Waals surface area contributed by atoms with E-state index in [0.717, 1.165) is 71.1 Å². The molecule has 7 nitrogen and oxygen atoms in total. The van der Waals surface area contributed by atoms with Crippen LogP contribution in [0.5, 0.6) is 0 Å². The van der Waals surface area contributed by atoms with Crippen LogP contribution in [0, 0.1) is 6.92 Å². The molecule has 5 rings (SSSR count). The van der Waals surface area contributed by atoms with E-state index in [1.807, 2.05) is 38.1 Å². The number of carbonyl (C=O) groups excluding carboxylic acids is 1. The van der Waals surface area contributed by atoms with Crippen LogP contribution in [0.25, 0.3) is 22.4 Å². The standard InChI is InChI=1S/C30H33N5O2S/c1-4-34-14-16-35(17-15-34)26-12-10-25(11-13-26)33-29-28-27(31-20-32-29)24(19-38-28)9-8-22-18-23(7-6-21(22)3)30(36)37-5-2/h6-13,18-20H,4-5,14-17H2,1-3H3,(H,31,32,33)/b9-8+. The molecule has 0 saturated carbocycles. The van der Waals surface area contributed by atoms with E-state index in [9.17, 15) is 4.79 Å². The summed E-state index contributed by atoms with van der Waals surface area (Å²) in [4.78, 5) is 26.2. The minimum atomic E-state index is -0.307. The van der Waals surface area contributed by atoms with Gasteiger partial charge >= 0.3 is 5.97 Å². The number of aryl methyl sites for hydroxylation is 1. The fraction of sp³-hybridized carbons (Fsp3) is 0.300. The number of carbonyl (C=O) groups is 1. The number of aromatic nitrogens is 2. The molecule has 0 atom stereocenters. The molecule has 196 valence electrons. The van der Waals surface area contributed by atoms with Crippen molar-refractivity contribution in [1.29, 1.82) is 0 Å². The van der Waals surface area contributed by atoms with Crippen molar-refractivity contribution >= 4 is 56.9 Å². The molecule has 0 spiro atoms. The molecule has 0 radical (unpaired) electrons. The minimum Gasteiger partial charge on any atom is -0.462 e. The van der Waals surface area contributed by atoms with Crippen molar-refractivity contribution in [1.82, 2.24) is 14.9 Å². The Balaban J connectivity index is 1.32. The fourth-order valence-corrected chi connectivity index (χ4v) is 5.56. The lowest BCUT2D eigenvalue weighted by molar-refractivity contribution is 0.0526. The minimum absolute atomic E-state index is 0.307. The highest BCUT2D eigenvalue weighted by atomic mass is 32.1. The lowest BCUT2D eigenvalue weighted by Gasteiger charge is -2.35. The Morgan fingerprint density at radius 2 is 1.79 bits per heavy atom. The molecular formula is C30H33N5O2S. The second kappa shape index (κ2) is 11.8. The van der Waals surface area contributed by atoms with Gasteiger partial charge in [-0.1, -0.05) is 25.1 Å². The van der Waals surface area contributed by atoms with Gasteiger partial charge in [0.15, 0.2) is 5.82 Å². The summed E-state index contributed by atoms with van der Waals surface area (Å²) in [5.74, 6) is 0.489. The predicted molar refractivity (Wildman–Crippen MR) is 158 cm³/mol. The van der Waals surface area contributed by atoms with Crippen molar-refractivity contribution in [3.63, 3.8) is 0 Å². The van der Waals surface area contributed by atoms with Crippen LogP contribution in [0.2, 0.25) is 0 Å². The highest BCUT2D eigenvalue weighted by molar-refractivity contribution is 7.18. The molecule has 1 saturated heterocycles. The van der Waals surface area contributed by atoms with E-state index in [-0.39, 0.29) is 5.97 Å². The van der Waals surface area contributed by atoms with Gasteiger partial charge in [0.1, 0.15) is 6.33 Å². The Morgan fingerprint density at radius 1 is 1.03 bits per heavy atom. The number of nitrogens with zero attached hydrogens (tertiary/aromatic N) is 4. The van der Waals surface area contributed by atoms with Gasteiger partial charge in [0.25, 0.3) is 0 Å². The van der Waals surface area contributed by atoms with Gasteiger partial charge in [0, 0.05) is 48.5 Å². The van der Waals surface area contributed by atoms with E-state index >= 15 is 0 Å². The van der Waals surface area contributed by atoms with E-state index in [4.69, 9.17) is 4.74 Å². The summed E-state index contributed by atoms with van der Waals surface area (Å²) in [6.45, 7) is 11.9. The average Bonchev–Trinajstić information content (AvgIpc) is 3.37. The Hall–Kier alpha value is -3.75. The Morgan fingerprint density at radius 3 is 2.53 bits per heavy atom. The molecule has 4 aromatic rings. The zero-order valence-electron chi connectivity index (χ0n) is 22.1. The second-order valence-electron chi connectivity index (χ2n) is 9.31. The van der Waals surface area contributed by atoms with Crippen LogP contribution in [-0.4, -0.2) is 60.2 Å². The Kier molecular flexibility index (Phi) is 8.00. The molecule has 1 aliphatic heterocycles. The van der Waals surface area contributed by atoms with Gasteiger partial charge in [-0.3, -0.25) is 0 Å². The number of ether oxygens (including phenoxy) is 1. The number of rotatable bonds is 8. The van der Waals surface area contributed by atoms with Gasteiger partial charge in [-0.25, -0.2) is 14.8 Å². The molecule has 3 heterocycles. The molecule has 0 bridgehead atoms. The molecule has 1 N–H and O–H groups in total. The van der Waals surface area contributed by atoms with Gasteiger partial charge in [-0.15, -0.1) is 11.3 Å². The predicted octanol–water partition coefficient (Wildman–Crippen LogP) is 6.23. The maximum Gasteiger partial charge on any atom is 0.338 e. The van der Waals surface area contributed by atoms with E-state index in [2.05, 4.69) is 61.7 Å². The third-order valence-corrected chi connectivity index (χ3v) is 7.92. The van der Waals surface area contributed by atoms with Gasteiger partial charge in [0.2, 0.25) is 0 Å². The molecule has 38 heavy (non-hydrogen) atoms. The Labute approximate surface area is 227 Å². The SMILES string of the molecule is CCOC(=O)c1ccc(C)c(/C=C/c2csc3c(Nc4ccc(N5CCN(CC)CC5)cc4)ncnc23)c1.